The summed E-state index contributed by atoms with van der Waals surface area (Å²) in [4.78, 5) is 25.1. The molecule has 6 nitrogen and oxygen atoms in total. The molecule has 0 spiro atoms. The van der Waals surface area contributed by atoms with Gasteiger partial charge in [-0.3, -0.25) is 4.79 Å². The van der Waals surface area contributed by atoms with E-state index < -0.39 is 18.0 Å². The van der Waals surface area contributed by atoms with E-state index in [4.69, 9.17) is 21.1 Å². The van der Waals surface area contributed by atoms with Gasteiger partial charge in [-0.2, -0.15) is 5.10 Å². The number of para-hydroxylation sites is 1. The Bertz CT molecular complexity index is 1370. The van der Waals surface area contributed by atoms with E-state index in [1.807, 2.05) is 42.5 Å². The SMILES string of the molecule is CC(Oc1ccccc1Br)C(=O)N/N=C/c1ccc(OC(=O)c2sc3ccccc3c2Cl)cc1. The van der Waals surface area contributed by atoms with Gasteiger partial charge in [-0.25, -0.2) is 10.2 Å². The Labute approximate surface area is 213 Å². The zero-order valence-electron chi connectivity index (χ0n) is 17.8. The second-order valence-electron chi connectivity index (χ2n) is 7.12. The molecule has 0 radical (unpaired) electrons. The van der Waals surface area contributed by atoms with Crippen LogP contribution in [-0.4, -0.2) is 24.2 Å². The standard InChI is InChI=1S/C25H18BrClN2O4S/c1-15(32-20-8-4-3-7-19(20)26)24(30)29-28-14-16-10-12-17(13-11-16)33-25(31)23-22(27)18-6-2-5-9-21(18)34-23/h2-15H,1H3,(H,29,30)/b28-14+. The minimum absolute atomic E-state index is 0.357. The van der Waals surface area contributed by atoms with Crippen molar-refractivity contribution in [1.29, 1.82) is 0 Å². The van der Waals surface area contributed by atoms with Gasteiger partial charge in [0.2, 0.25) is 0 Å². The number of nitrogens with one attached hydrogen (secondary N) is 1. The molecule has 0 saturated heterocycles. The lowest BCUT2D eigenvalue weighted by molar-refractivity contribution is -0.127. The van der Waals surface area contributed by atoms with Gasteiger partial charge in [0, 0.05) is 10.1 Å². The normalized spacial score (nSPS) is 12.0. The van der Waals surface area contributed by atoms with E-state index in [-0.39, 0.29) is 0 Å². The number of rotatable bonds is 7. The van der Waals surface area contributed by atoms with E-state index in [0.29, 0.717) is 27.0 Å². The maximum Gasteiger partial charge on any atom is 0.355 e. The highest BCUT2D eigenvalue weighted by atomic mass is 79.9. The third-order valence-electron chi connectivity index (χ3n) is 4.71. The maximum atomic E-state index is 12.6. The van der Waals surface area contributed by atoms with Crippen LogP contribution in [0.5, 0.6) is 11.5 Å². The van der Waals surface area contributed by atoms with Crippen LogP contribution in [0.25, 0.3) is 10.1 Å². The van der Waals surface area contributed by atoms with Gasteiger partial charge in [0.05, 0.1) is 15.7 Å². The molecule has 1 heterocycles. The Morgan fingerprint density at radius 2 is 1.76 bits per heavy atom. The van der Waals surface area contributed by atoms with Crippen LogP contribution >= 0.6 is 38.9 Å². The van der Waals surface area contributed by atoms with Crippen molar-refractivity contribution < 1.29 is 19.1 Å². The summed E-state index contributed by atoms with van der Waals surface area (Å²) < 4.78 is 12.8. The summed E-state index contributed by atoms with van der Waals surface area (Å²) in [6, 6.07) is 21.5. The molecule has 0 aliphatic carbocycles. The molecule has 34 heavy (non-hydrogen) atoms. The number of carbonyl (C=O) groups is 2. The molecule has 1 aromatic heterocycles. The average molecular weight is 558 g/mol. The van der Waals surface area contributed by atoms with E-state index in [2.05, 4.69) is 26.5 Å². The predicted molar refractivity (Wildman–Crippen MR) is 138 cm³/mol. The van der Waals surface area contributed by atoms with Crippen LogP contribution in [0.1, 0.15) is 22.2 Å². The molecule has 1 N–H and O–H groups in total. The van der Waals surface area contributed by atoms with E-state index >= 15 is 0 Å². The maximum absolute atomic E-state index is 12.6. The molecule has 172 valence electrons. The second-order valence-corrected chi connectivity index (χ2v) is 9.41. The predicted octanol–water partition coefficient (Wildman–Crippen LogP) is 6.45. The minimum Gasteiger partial charge on any atom is -0.480 e. The summed E-state index contributed by atoms with van der Waals surface area (Å²) in [5.41, 5.74) is 3.16. The van der Waals surface area contributed by atoms with Gasteiger partial charge < -0.3 is 9.47 Å². The highest BCUT2D eigenvalue weighted by molar-refractivity contribution is 9.10. The molecular formula is C25H18BrClN2O4S. The lowest BCUT2D eigenvalue weighted by atomic mass is 10.2. The number of fused-ring (bicyclic) bond motifs is 1. The van der Waals surface area contributed by atoms with Gasteiger partial charge in [-0.05, 0) is 70.9 Å². The number of hydrogen-bond acceptors (Lipinski definition) is 6. The Kier molecular flexibility index (Phi) is 7.62. The van der Waals surface area contributed by atoms with E-state index in [0.717, 1.165) is 14.6 Å². The molecule has 3 aromatic carbocycles. The fourth-order valence-corrected chi connectivity index (χ4v) is 4.73. The minimum atomic E-state index is -0.738. The smallest absolute Gasteiger partial charge is 0.355 e. The van der Waals surface area contributed by atoms with Crippen molar-refractivity contribution in [2.75, 3.05) is 0 Å². The van der Waals surface area contributed by atoms with E-state index in [1.165, 1.54) is 17.6 Å². The zero-order valence-corrected chi connectivity index (χ0v) is 21.0. The van der Waals surface area contributed by atoms with Crippen LogP contribution in [0.4, 0.5) is 0 Å². The molecule has 0 fully saturated rings. The quantitative estimate of drug-likeness (QED) is 0.123. The Balaban J connectivity index is 1.32. The molecule has 1 unspecified atom stereocenters. The first kappa shape index (κ1) is 23.9. The monoisotopic (exact) mass is 556 g/mol. The number of halogens is 2. The van der Waals surface area contributed by atoms with Gasteiger partial charge in [-0.15, -0.1) is 11.3 Å². The highest BCUT2D eigenvalue weighted by Gasteiger charge is 2.19. The summed E-state index contributed by atoms with van der Waals surface area (Å²) in [6.07, 6.45) is 0.746. The summed E-state index contributed by atoms with van der Waals surface area (Å²) >= 11 is 11.0. The van der Waals surface area contributed by atoms with E-state index in [9.17, 15) is 9.59 Å². The lowest BCUT2D eigenvalue weighted by Crippen LogP contribution is -2.33. The third-order valence-corrected chi connectivity index (χ3v) is 7.02. The fraction of sp³-hybridized carbons (Fsp3) is 0.0800. The zero-order chi connectivity index (χ0) is 24.1. The van der Waals surface area contributed by atoms with Gasteiger partial charge in [0.25, 0.3) is 5.91 Å². The van der Waals surface area contributed by atoms with Crippen molar-refractivity contribution in [1.82, 2.24) is 5.43 Å². The first-order chi connectivity index (χ1) is 16.4. The Morgan fingerprint density at radius 3 is 2.50 bits per heavy atom. The molecule has 9 heteroatoms. The molecule has 4 rings (SSSR count). The van der Waals surface area contributed by atoms with Crippen molar-refractivity contribution in [2.45, 2.75) is 13.0 Å². The second kappa shape index (κ2) is 10.8. The molecule has 0 saturated carbocycles. The summed E-state index contributed by atoms with van der Waals surface area (Å²) in [6.45, 7) is 1.64. The average Bonchev–Trinajstić information content (AvgIpc) is 3.18. The summed E-state index contributed by atoms with van der Waals surface area (Å²) in [7, 11) is 0. The molecule has 1 amide bonds. The van der Waals surface area contributed by atoms with Crippen molar-refractivity contribution in [2.24, 2.45) is 5.10 Å². The van der Waals surface area contributed by atoms with Gasteiger partial charge in [0.15, 0.2) is 6.10 Å². The van der Waals surface area contributed by atoms with Crippen LogP contribution in [0.3, 0.4) is 0 Å². The largest absolute Gasteiger partial charge is 0.480 e. The van der Waals surface area contributed by atoms with Crippen LogP contribution in [0, 0.1) is 0 Å². The summed E-state index contributed by atoms with van der Waals surface area (Å²) in [5.74, 6) is 0.0306. The number of nitrogens with zero attached hydrogens (tertiary/aromatic N) is 1. The van der Waals surface area contributed by atoms with Crippen LogP contribution in [0.15, 0.2) is 82.4 Å². The molecule has 0 aliphatic heterocycles. The molecule has 0 bridgehead atoms. The Hall–Kier alpha value is -3.20. The van der Waals surface area contributed by atoms with Gasteiger partial charge in [-0.1, -0.05) is 41.9 Å². The van der Waals surface area contributed by atoms with Crippen LogP contribution < -0.4 is 14.9 Å². The molecule has 1 atom stereocenters. The number of amides is 1. The van der Waals surface area contributed by atoms with Gasteiger partial charge >= 0.3 is 5.97 Å². The number of ether oxygens (including phenoxy) is 2. The number of hydrogen-bond donors (Lipinski definition) is 1. The number of hydrazone groups is 1. The van der Waals surface area contributed by atoms with Gasteiger partial charge in [0.1, 0.15) is 16.4 Å². The van der Waals surface area contributed by atoms with Crippen molar-refractivity contribution >= 4 is 67.0 Å². The first-order valence-corrected chi connectivity index (χ1v) is 12.1. The number of benzene rings is 3. The topological polar surface area (TPSA) is 77.0 Å². The molecule has 0 aliphatic rings. The third kappa shape index (κ3) is 5.64. The van der Waals surface area contributed by atoms with Crippen molar-refractivity contribution in [3.63, 3.8) is 0 Å². The van der Waals surface area contributed by atoms with Crippen LogP contribution in [0.2, 0.25) is 5.02 Å². The van der Waals surface area contributed by atoms with Crippen molar-refractivity contribution in [3.8, 4) is 11.5 Å². The number of thiophene rings is 1. The highest BCUT2D eigenvalue weighted by Crippen LogP contribution is 2.35. The lowest BCUT2D eigenvalue weighted by Gasteiger charge is -2.13. The van der Waals surface area contributed by atoms with E-state index in [1.54, 1.807) is 37.3 Å². The fourth-order valence-electron chi connectivity index (χ4n) is 2.97. The summed E-state index contributed by atoms with van der Waals surface area (Å²) in [5, 5.41) is 5.18. The van der Waals surface area contributed by atoms with Crippen molar-refractivity contribution in [3.05, 3.63) is 92.7 Å². The number of carbonyl (C=O) groups excluding carboxylic acids is 2. The van der Waals surface area contributed by atoms with Crippen LogP contribution in [-0.2, 0) is 4.79 Å². The Morgan fingerprint density at radius 1 is 1.06 bits per heavy atom. The molecular weight excluding hydrogens is 540 g/mol. The number of esters is 1. The molecule has 4 aromatic rings. The first-order valence-electron chi connectivity index (χ1n) is 10.2.